The highest BCUT2D eigenvalue weighted by Gasteiger charge is 2.41. The van der Waals surface area contributed by atoms with Gasteiger partial charge in [-0.3, -0.25) is 13.9 Å². The Morgan fingerprint density at radius 2 is 1.83 bits per heavy atom. The molecule has 8 nitrogen and oxygen atoms in total. The first kappa shape index (κ1) is 23.0. The smallest absolute Gasteiger partial charge is 0.331 e. The van der Waals surface area contributed by atoms with Crippen LogP contribution < -0.4 is 16.0 Å². The van der Waals surface area contributed by atoms with Crippen LogP contribution >= 0.6 is 0 Å². The van der Waals surface area contributed by atoms with Crippen LogP contribution in [-0.4, -0.2) is 32.5 Å². The van der Waals surface area contributed by atoms with Crippen LogP contribution in [0, 0.1) is 6.92 Å². The number of rotatable bonds is 3. The van der Waals surface area contributed by atoms with Crippen molar-refractivity contribution in [3.63, 3.8) is 0 Å². The molecule has 4 aromatic rings. The normalized spacial score (nSPS) is 16.9. The predicted molar refractivity (Wildman–Crippen MR) is 134 cm³/mol. The van der Waals surface area contributed by atoms with Crippen LogP contribution in [0.3, 0.4) is 0 Å². The Morgan fingerprint density at radius 3 is 2.51 bits per heavy atom. The van der Waals surface area contributed by atoms with Gasteiger partial charge >= 0.3 is 5.69 Å². The second kappa shape index (κ2) is 7.88. The lowest BCUT2D eigenvalue weighted by Gasteiger charge is -2.39. The van der Waals surface area contributed by atoms with Crippen molar-refractivity contribution in [1.29, 1.82) is 0 Å². The van der Waals surface area contributed by atoms with E-state index >= 15 is 0 Å². The summed E-state index contributed by atoms with van der Waals surface area (Å²) < 4.78 is 16.8. The zero-order valence-electron chi connectivity index (χ0n) is 20.7. The van der Waals surface area contributed by atoms with Crippen LogP contribution in [-0.2, 0) is 24.4 Å². The number of ether oxygens (including phenoxy) is 2. The molecule has 0 saturated carbocycles. The Balaban J connectivity index is 2.01. The first-order chi connectivity index (χ1) is 16.6. The quantitative estimate of drug-likeness (QED) is 0.489. The van der Waals surface area contributed by atoms with Gasteiger partial charge in [0, 0.05) is 25.7 Å². The number of aromatic nitrogens is 3. The molecule has 5 rings (SSSR count). The summed E-state index contributed by atoms with van der Waals surface area (Å²) in [6, 6.07) is 12.9. The second-order valence-electron chi connectivity index (χ2n) is 9.80. The minimum Gasteiger partial charge on any atom is -0.508 e. The Bertz CT molecular complexity index is 1610. The highest BCUT2D eigenvalue weighted by atomic mass is 16.5. The SMILES string of the molecule is COc1cc(O)ccc1[C@@H]1OCC(C)(C)n2c(-c3cccc(C)c3)c3c(=O)n(C)c(=O)n(C)c3c21. The van der Waals surface area contributed by atoms with Gasteiger partial charge in [0.15, 0.2) is 0 Å². The van der Waals surface area contributed by atoms with Gasteiger partial charge in [-0.1, -0.05) is 23.8 Å². The fourth-order valence-corrected chi connectivity index (χ4v) is 5.22. The molecule has 2 aromatic heterocycles. The average molecular weight is 476 g/mol. The van der Waals surface area contributed by atoms with Crippen molar-refractivity contribution in [2.24, 2.45) is 14.1 Å². The number of phenols is 1. The number of phenolic OH excluding ortho intramolecular Hbond substituents is 1. The van der Waals surface area contributed by atoms with Gasteiger partial charge in [-0.2, -0.15) is 0 Å². The lowest BCUT2D eigenvalue weighted by Crippen LogP contribution is -2.40. The molecular formula is C27H29N3O5. The summed E-state index contributed by atoms with van der Waals surface area (Å²) >= 11 is 0. The minimum atomic E-state index is -0.627. The van der Waals surface area contributed by atoms with E-state index in [0.717, 1.165) is 21.4 Å². The van der Waals surface area contributed by atoms with Gasteiger partial charge in [0.1, 0.15) is 17.6 Å². The Labute approximate surface area is 202 Å². The monoisotopic (exact) mass is 475 g/mol. The molecule has 0 fully saturated rings. The summed E-state index contributed by atoms with van der Waals surface area (Å²) in [6.45, 7) is 6.49. The van der Waals surface area contributed by atoms with Gasteiger partial charge in [-0.25, -0.2) is 4.79 Å². The predicted octanol–water partition coefficient (Wildman–Crippen LogP) is 3.58. The van der Waals surface area contributed by atoms with Gasteiger partial charge < -0.3 is 19.1 Å². The molecule has 1 aliphatic heterocycles. The number of hydrogen-bond donors (Lipinski definition) is 1. The van der Waals surface area contributed by atoms with Crippen LogP contribution in [0.1, 0.15) is 36.8 Å². The molecular weight excluding hydrogens is 446 g/mol. The molecule has 1 N–H and O–H groups in total. The van der Waals surface area contributed by atoms with E-state index in [4.69, 9.17) is 9.47 Å². The number of methoxy groups -OCH3 is 1. The van der Waals surface area contributed by atoms with Gasteiger partial charge in [0.2, 0.25) is 0 Å². The number of aromatic hydroxyl groups is 1. The van der Waals surface area contributed by atoms with E-state index in [-0.39, 0.29) is 11.3 Å². The Hall–Kier alpha value is -3.78. The molecule has 2 aromatic carbocycles. The molecule has 8 heteroatoms. The Morgan fingerprint density at radius 1 is 1.09 bits per heavy atom. The summed E-state index contributed by atoms with van der Waals surface area (Å²) in [5.74, 6) is 0.533. The lowest BCUT2D eigenvalue weighted by atomic mass is 9.97. The standard InChI is InChI=1S/C27H29N3O5/c1-15-8-7-9-16(12-15)21-20-22(28(4)26(33)29(5)25(20)32)23-24(35-14-27(2,3)30(21)23)18-11-10-17(31)13-19(18)34-6/h7-13,24,31H,14H2,1-6H3/t24-/m0/s1. The number of aryl methyl sites for hydroxylation is 2. The molecule has 1 aliphatic rings. The van der Waals surface area contributed by atoms with Crippen LogP contribution in [0.4, 0.5) is 0 Å². The third kappa shape index (κ3) is 3.31. The average Bonchev–Trinajstić information content (AvgIpc) is 3.19. The van der Waals surface area contributed by atoms with E-state index in [1.165, 1.54) is 24.8 Å². The summed E-state index contributed by atoms with van der Waals surface area (Å²) in [5, 5.41) is 10.5. The van der Waals surface area contributed by atoms with E-state index in [9.17, 15) is 14.7 Å². The van der Waals surface area contributed by atoms with Crippen molar-refractivity contribution < 1.29 is 14.6 Å². The fourth-order valence-electron chi connectivity index (χ4n) is 5.22. The highest BCUT2D eigenvalue weighted by molar-refractivity contribution is 5.97. The van der Waals surface area contributed by atoms with Gasteiger partial charge in [0.25, 0.3) is 5.56 Å². The van der Waals surface area contributed by atoms with Crippen LogP contribution in [0.2, 0.25) is 0 Å². The fraction of sp³-hybridized carbons (Fsp3) is 0.333. The van der Waals surface area contributed by atoms with Crippen LogP contribution in [0.25, 0.3) is 22.2 Å². The van der Waals surface area contributed by atoms with Gasteiger partial charge in [-0.15, -0.1) is 0 Å². The molecule has 0 amide bonds. The van der Waals surface area contributed by atoms with Crippen molar-refractivity contribution in [3.8, 4) is 22.8 Å². The maximum atomic E-state index is 13.7. The minimum absolute atomic E-state index is 0.0729. The van der Waals surface area contributed by atoms with E-state index in [1.807, 2.05) is 31.2 Å². The van der Waals surface area contributed by atoms with E-state index < -0.39 is 17.3 Å². The largest absolute Gasteiger partial charge is 0.508 e. The zero-order chi connectivity index (χ0) is 25.2. The first-order valence-electron chi connectivity index (χ1n) is 11.5. The molecule has 0 aliphatic carbocycles. The maximum Gasteiger partial charge on any atom is 0.331 e. The molecule has 0 saturated heterocycles. The summed E-state index contributed by atoms with van der Waals surface area (Å²) in [7, 11) is 4.71. The van der Waals surface area contributed by atoms with Crippen LogP contribution in [0.15, 0.2) is 52.1 Å². The van der Waals surface area contributed by atoms with E-state index in [2.05, 4.69) is 18.4 Å². The third-order valence-corrected chi connectivity index (χ3v) is 6.86. The first-order valence-corrected chi connectivity index (χ1v) is 11.5. The summed E-state index contributed by atoms with van der Waals surface area (Å²) in [4.78, 5) is 26.7. The molecule has 0 radical (unpaired) electrons. The Kier molecular flexibility index (Phi) is 5.18. The lowest BCUT2D eigenvalue weighted by molar-refractivity contribution is -0.00801. The molecule has 1 atom stereocenters. The molecule has 0 unspecified atom stereocenters. The van der Waals surface area contributed by atoms with E-state index in [1.54, 1.807) is 19.2 Å². The van der Waals surface area contributed by atoms with Gasteiger partial charge in [0.05, 0.1) is 41.5 Å². The molecule has 182 valence electrons. The topological polar surface area (TPSA) is 87.6 Å². The number of fused-ring (bicyclic) bond motifs is 3. The molecule has 0 spiro atoms. The zero-order valence-corrected chi connectivity index (χ0v) is 20.7. The third-order valence-electron chi connectivity index (χ3n) is 6.86. The number of nitrogens with zero attached hydrogens (tertiary/aromatic N) is 3. The van der Waals surface area contributed by atoms with Crippen molar-refractivity contribution >= 4 is 10.9 Å². The van der Waals surface area contributed by atoms with E-state index in [0.29, 0.717) is 34.5 Å². The second-order valence-corrected chi connectivity index (χ2v) is 9.80. The highest BCUT2D eigenvalue weighted by Crippen LogP contribution is 2.47. The number of hydrogen-bond acceptors (Lipinski definition) is 5. The van der Waals surface area contributed by atoms with Crippen molar-refractivity contribution in [2.75, 3.05) is 13.7 Å². The van der Waals surface area contributed by atoms with Crippen molar-refractivity contribution in [3.05, 3.63) is 80.1 Å². The molecule has 3 heterocycles. The molecule has 35 heavy (non-hydrogen) atoms. The summed E-state index contributed by atoms with van der Waals surface area (Å²) in [6.07, 6.45) is -0.627. The number of benzene rings is 2. The molecule has 0 bridgehead atoms. The summed E-state index contributed by atoms with van der Waals surface area (Å²) in [5.41, 5.74) is 3.36. The van der Waals surface area contributed by atoms with Gasteiger partial charge in [-0.05, 0) is 44.5 Å². The van der Waals surface area contributed by atoms with Crippen molar-refractivity contribution in [1.82, 2.24) is 13.7 Å². The van der Waals surface area contributed by atoms with Crippen molar-refractivity contribution in [2.45, 2.75) is 32.4 Å². The maximum absolute atomic E-state index is 13.7. The van der Waals surface area contributed by atoms with Crippen LogP contribution in [0.5, 0.6) is 11.5 Å².